The lowest BCUT2D eigenvalue weighted by molar-refractivity contribution is 0.102. The average molecular weight is 401 g/mol. The molecule has 0 aliphatic carbocycles. The van der Waals surface area contributed by atoms with E-state index in [2.05, 4.69) is 20.5 Å². The van der Waals surface area contributed by atoms with Crippen molar-refractivity contribution in [3.63, 3.8) is 0 Å². The van der Waals surface area contributed by atoms with Crippen molar-refractivity contribution in [2.45, 2.75) is 18.9 Å². The van der Waals surface area contributed by atoms with Gasteiger partial charge >= 0.3 is 0 Å². The molecule has 1 aromatic carbocycles. The van der Waals surface area contributed by atoms with E-state index in [1.54, 1.807) is 6.07 Å². The van der Waals surface area contributed by atoms with Crippen LogP contribution in [0.5, 0.6) is 0 Å². The zero-order chi connectivity index (χ0) is 16.9. The first kappa shape index (κ1) is 22.2. The second-order valence-electron chi connectivity index (χ2n) is 5.93. The smallest absolute Gasteiger partial charge is 0.256 e. The normalized spacial score (nSPS) is 13.9. The molecule has 2 aromatic rings. The first-order valence-electron chi connectivity index (χ1n) is 8.11. The third-order valence-corrected chi connectivity index (χ3v) is 4.30. The van der Waals surface area contributed by atoms with Gasteiger partial charge in [0.05, 0.1) is 0 Å². The van der Waals surface area contributed by atoms with Crippen LogP contribution in [0.2, 0.25) is 0 Å². The minimum absolute atomic E-state index is 0. The largest absolute Gasteiger partial charge is 0.357 e. The molecule has 0 unspecified atom stereocenters. The fourth-order valence-corrected chi connectivity index (χ4v) is 2.86. The van der Waals surface area contributed by atoms with Crippen LogP contribution >= 0.6 is 24.8 Å². The van der Waals surface area contributed by atoms with Gasteiger partial charge in [-0.1, -0.05) is 6.07 Å². The Morgan fingerprint density at radius 2 is 1.81 bits per heavy atom. The van der Waals surface area contributed by atoms with Crippen molar-refractivity contribution in [3.8, 4) is 0 Å². The summed E-state index contributed by atoms with van der Waals surface area (Å²) in [5, 5.41) is 6.11. The Bertz CT molecular complexity index is 709. The Kier molecular flexibility index (Phi) is 8.78. The highest BCUT2D eigenvalue weighted by Crippen LogP contribution is 2.20. The number of hydrogen-bond acceptors (Lipinski definition) is 4. The van der Waals surface area contributed by atoms with E-state index in [-0.39, 0.29) is 36.5 Å². The highest BCUT2D eigenvalue weighted by Gasteiger charge is 2.19. The quantitative estimate of drug-likeness (QED) is 0.824. The van der Waals surface area contributed by atoms with Crippen LogP contribution in [0.4, 0.5) is 16.0 Å². The number of halogens is 3. The van der Waals surface area contributed by atoms with Crippen LogP contribution in [0.1, 0.15) is 23.2 Å². The van der Waals surface area contributed by atoms with Crippen LogP contribution in [-0.2, 0) is 0 Å². The topological polar surface area (TPSA) is 57.3 Å². The van der Waals surface area contributed by atoms with Gasteiger partial charge in [-0.15, -0.1) is 24.8 Å². The van der Waals surface area contributed by atoms with E-state index < -0.39 is 0 Å². The summed E-state index contributed by atoms with van der Waals surface area (Å²) in [6.45, 7) is 2.02. The van der Waals surface area contributed by atoms with E-state index >= 15 is 0 Å². The zero-order valence-electron chi connectivity index (χ0n) is 14.4. The number of aromatic nitrogens is 1. The molecule has 5 nitrogen and oxygen atoms in total. The second kappa shape index (κ2) is 10.3. The summed E-state index contributed by atoms with van der Waals surface area (Å²) >= 11 is 0. The van der Waals surface area contributed by atoms with Crippen molar-refractivity contribution in [1.29, 1.82) is 0 Å². The molecule has 142 valence electrons. The number of nitrogens with one attached hydrogen (secondary N) is 2. The molecule has 1 aliphatic rings. The molecule has 3 rings (SSSR count). The molecule has 2 N–H and O–H groups in total. The van der Waals surface area contributed by atoms with Gasteiger partial charge in [-0.2, -0.15) is 0 Å². The van der Waals surface area contributed by atoms with E-state index in [4.69, 9.17) is 0 Å². The summed E-state index contributed by atoms with van der Waals surface area (Å²) in [5.74, 6) is 0.654. The van der Waals surface area contributed by atoms with Gasteiger partial charge in [0, 0.05) is 18.7 Å². The van der Waals surface area contributed by atoms with Crippen LogP contribution in [0.15, 0.2) is 42.5 Å². The van der Waals surface area contributed by atoms with E-state index in [9.17, 15) is 9.18 Å². The van der Waals surface area contributed by atoms with Gasteiger partial charge in [0.2, 0.25) is 0 Å². The molecule has 0 atom stereocenters. The third-order valence-electron chi connectivity index (χ3n) is 4.30. The minimum Gasteiger partial charge on any atom is -0.357 e. The molecule has 1 aliphatic heterocycles. The SMILES string of the molecule is CN(c1cccc(NC(=O)c2ccc(F)cc2)n1)C1CCNCC1.Cl.Cl. The van der Waals surface area contributed by atoms with Gasteiger partial charge in [0.25, 0.3) is 5.91 Å². The predicted molar refractivity (Wildman–Crippen MR) is 107 cm³/mol. The number of pyridine rings is 1. The number of carbonyl (C=O) groups excluding carboxylic acids is 1. The summed E-state index contributed by atoms with van der Waals surface area (Å²) < 4.78 is 12.9. The minimum atomic E-state index is -0.365. The van der Waals surface area contributed by atoms with Gasteiger partial charge in [0.1, 0.15) is 17.5 Å². The van der Waals surface area contributed by atoms with Crippen molar-refractivity contribution in [1.82, 2.24) is 10.3 Å². The summed E-state index contributed by atoms with van der Waals surface area (Å²) in [6.07, 6.45) is 2.15. The molecule has 0 radical (unpaired) electrons. The summed E-state index contributed by atoms with van der Waals surface area (Å²) in [5.41, 5.74) is 0.398. The van der Waals surface area contributed by atoms with Crippen molar-refractivity contribution in [2.75, 3.05) is 30.4 Å². The summed E-state index contributed by atoms with van der Waals surface area (Å²) in [4.78, 5) is 18.9. The molecule has 1 fully saturated rings. The number of hydrogen-bond donors (Lipinski definition) is 2. The highest BCUT2D eigenvalue weighted by molar-refractivity contribution is 6.03. The highest BCUT2D eigenvalue weighted by atomic mass is 35.5. The lowest BCUT2D eigenvalue weighted by Crippen LogP contribution is -2.41. The molecule has 1 saturated heterocycles. The number of carbonyl (C=O) groups is 1. The molecule has 2 heterocycles. The monoisotopic (exact) mass is 400 g/mol. The maximum atomic E-state index is 12.9. The summed E-state index contributed by atoms with van der Waals surface area (Å²) in [6, 6.07) is 11.5. The van der Waals surface area contributed by atoms with Crippen molar-refractivity contribution in [3.05, 3.63) is 53.8 Å². The van der Waals surface area contributed by atoms with Gasteiger partial charge in [-0.25, -0.2) is 9.37 Å². The molecule has 26 heavy (non-hydrogen) atoms. The fourth-order valence-electron chi connectivity index (χ4n) is 2.86. The molecule has 0 saturated carbocycles. The van der Waals surface area contributed by atoms with Crippen molar-refractivity contribution in [2.24, 2.45) is 0 Å². The van der Waals surface area contributed by atoms with Gasteiger partial charge < -0.3 is 15.5 Å². The maximum Gasteiger partial charge on any atom is 0.256 e. The van der Waals surface area contributed by atoms with Crippen LogP contribution in [0, 0.1) is 5.82 Å². The Labute approximate surface area is 165 Å². The van der Waals surface area contributed by atoms with E-state index in [1.165, 1.54) is 24.3 Å². The maximum absolute atomic E-state index is 12.9. The molecular formula is C18H23Cl2FN4O. The molecule has 0 spiro atoms. The van der Waals surface area contributed by atoms with Gasteiger partial charge in [0.15, 0.2) is 0 Å². The number of rotatable bonds is 4. The number of nitrogens with zero attached hydrogens (tertiary/aromatic N) is 2. The van der Waals surface area contributed by atoms with Crippen LogP contribution in [-0.4, -0.2) is 37.1 Å². The third kappa shape index (κ3) is 5.56. The Balaban J connectivity index is 0.00000169. The van der Waals surface area contributed by atoms with E-state index in [1.807, 2.05) is 19.2 Å². The molecule has 8 heteroatoms. The van der Waals surface area contributed by atoms with Crippen LogP contribution in [0.25, 0.3) is 0 Å². The van der Waals surface area contributed by atoms with Gasteiger partial charge in [-0.05, 0) is 62.3 Å². The average Bonchev–Trinajstić information content (AvgIpc) is 2.62. The van der Waals surface area contributed by atoms with Crippen LogP contribution < -0.4 is 15.5 Å². The van der Waals surface area contributed by atoms with E-state index in [0.29, 0.717) is 17.4 Å². The first-order valence-corrected chi connectivity index (χ1v) is 8.11. The zero-order valence-corrected chi connectivity index (χ0v) is 16.1. The van der Waals surface area contributed by atoms with Crippen molar-refractivity contribution < 1.29 is 9.18 Å². The molecule has 0 bridgehead atoms. The lowest BCUT2D eigenvalue weighted by Gasteiger charge is -2.32. The number of anilines is 2. The standard InChI is InChI=1S/C18H21FN4O.2ClH/c1-23(15-9-11-20-12-10-15)17-4-2-3-16(21-17)22-18(24)13-5-7-14(19)8-6-13;;/h2-8,15,20H,9-12H2,1H3,(H,21,22,24);2*1H. The number of piperidine rings is 1. The van der Waals surface area contributed by atoms with Crippen molar-refractivity contribution >= 4 is 42.4 Å². The van der Waals surface area contributed by atoms with Crippen LogP contribution in [0.3, 0.4) is 0 Å². The molecular weight excluding hydrogens is 378 g/mol. The number of amides is 1. The summed E-state index contributed by atoms with van der Waals surface area (Å²) in [7, 11) is 2.03. The lowest BCUT2D eigenvalue weighted by atomic mass is 10.1. The predicted octanol–water partition coefficient (Wildman–Crippen LogP) is 3.50. The Morgan fingerprint density at radius 1 is 1.15 bits per heavy atom. The second-order valence-corrected chi connectivity index (χ2v) is 5.93. The Morgan fingerprint density at radius 3 is 2.46 bits per heavy atom. The van der Waals surface area contributed by atoms with Gasteiger partial charge in [-0.3, -0.25) is 4.79 Å². The first-order chi connectivity index (χ1) is 11.6. The molecule has 1 amide bonds. The Hall–Kier alpha value is -1.89. The molecule has 1 aromatic heterocycles. The number of benzene rings is 1. The van der Waals surface area contributed by atoms with E-state index in [0.717, 1.165) is 31.7 Å². The fraction of sp³-hybridized carbons (Fsp3) is 0.333.